The number of carbonyl (C=O) groups excluding carboxylic acids is 1. The van der Waals surface area contributed by atoms with Crippen molar-refractivity contribution in [2.75, 3.05) is 0 Å². The molecule has 0 bridgehead atoms. The zero-order valence-electron chi connectivity index (χ0n) is 16.8. The summed E-state index contributed by atoms with van der Waals surface area (Å²) in [6, 6.07) is 12.4. The number of nitriles is 1. The summed E-state index contributed by atoms with van der Waals surface area (Å²) in [5.41, 5.74) is 4.11. The molecule has 2 aromatic heterocycles. The zero-order valence-corrected chi connectivity index (χ0v) is 17.6. The first-order chi connectivity index (χ1) is 14.3. The molecule has 0 spiro atoms. The molecule has 3 aromatic rings. The number of hydrogen-bond acceptors (Lipinski definition) is 5. The molecule has 0 atom stereocenters. The number of nitro groups is 1. The van der Waals surface area contributed by atoms with Crippen LogP contribution in [0.3, 0.4) is 0 Å². The quantitative estimate of drug-likeness (QED) is 0.273. The zero-order chi connectivity index (χ0) is 21.8. The maximum Gasteiger partial charge on any atom is 0.269 e. The summed E-state index contributed by atoms with van der Waals surface area (Å²) in [6.07, 6.45) is 1.57. The van der Waals surface area contributed by atoms with E-state index in [1.165, 1.54) is 23.5 Å². The molecule has 0 saturated carbocycles. The van der Waals surface area contributed by atoms with Crippen LogP contribution in [-0.4, -0.2) is 15.4 Å². The van der Waals surface area contributed by atoms with Crippen LogP contribution < -0.4 is 5.32 Å². The van der Waals surface area contributed by atoms with Gasteiger partial charge in [-0.05, 0) is 61.6 Å². The van der Waals surface area contributed by atoms with Crippen LogP contribution in [0.1, 0.15) is 27.4 Å². The second-order valence-corrected chi connectivity index (χ2v) is 7.85. The van der Waals surface area contributed by atoms with Gasteiger partial charge in [-0.25, -0.2) is 0 Å². The standard InChI is InChI=1S/C22H20N4O3S/c1-14-9-19(26(28)29)6-7-21(14)25-15(2)10-17(16(25)3)11-18(12-23)22(27)24-13-20-5-4-8-30-20/h4-11H,13H2,1-3H3,(H,24,27). The van der Waals surface area contributed by atoms with Gasteiger partial charge in [-0.15, -0.1) is 11.3 Å². The summed E-state index contributed by atoms with van der Waals surface area (Å²) in [4.78, 5) is 24.0. The van der Waals surface area contributed by atoms with Crippen molar-refractivity contribution in [3.8, 4) is 11.8 Å². The Morgan fingerprint density at radius 2 is 2.07 bits per heavy atom. The van der Waals surface area contributed by atoms with Crippen molar-refractivity contribution < 1.29 is 9.72 Å². The summed E-state index contributed by atoms with van der Waals surface area (Å²) < 4.78 is 1.96. The number of aromatic nitrogens is 1. The Balaban J connectivity index is 1.91. The molecule has 0 fully saturated rings. The first-order valence-electron chi connectivity index (χ1n) is 9.18. The van der Waals surface area contributed by atoms with Crippen molar-refractivity contribution in [3.05, 3.63) is 84.9 Å². The van der Waals surface area contributed by atoms with E-state index in [-0.39, 0.29) is 11.3 Å². The molecule has 0 aliphatic carbocycles. The molecule has 2 heterocycles. The van der Waals surface area contributed by atoms with E-state index >= 15 is 0 Å². The summed E-state index contributed by atoms with van der Waals surface area (Å²) in [6.45, 7) is 5.98. The molecule has 152 valence electrons. The largest absolute Gasteiger partial charge is 0.347 e. The SMILES string of the molecule is Cc1cc([N+](=O)[O-])ccc1-n1c(C)cc(C=C(C#N)C(=O)NCc2cccs2)c1C. The molecule has 0 radical (unpaired) electrons. The van der Waals surface area contributed by atoms with Crippen molar-refractivity contribution in [2.45, 2.75) is 27.3 Å². The second kappa shape index (κ2) is 8.76. The fraction of sp³-hybridized carbons (Fsp3) is 0.182. The lowest BCUT2D eigenvalue weighted by Gasteiger charge is -2.12. The molecule has 1 amide bonds. The van der Waals surface area contributed by atoms with E-state index in [0.717, 1.165) is 33.1 Å². The average molecular weight is 420 g/mol. The van der Waals surface area contributed by atoms with Crippen molar-refractivity contribution in [1.29, 1.82) is 5.26 Å². The van der Waals surface area contributed by atoms with E-state index in [2.05, 4.69) is 5.32 Å². The summed E-state index contributed by atoms with van der Waals surface area (Å²) >= 11 is 1.54. The van der Waals surface area contributed by atoms with Crippen LogP contribution in [0.2, 0.25) is 0 Å². The molecule has 1 N–H and O–H groups in total. The summed E-state index contributed by atoms with van der Waals surface area (Å²) in [7, 11) is 0. The number of benzene rings is 1. The highest BCUT2D eigenvalue weighted by molar-refractivity contribution is 7.09. The fourth-order valence-corrected chi connectivity index (χ4v) is 3.93. The normalized spacial score (nSPS) is 11.2. The van der Waals surface area contributed by atoms with Crippen molar-refractivity contribution in [3.63, 3.8) is 0 Å². The molecule has 30 heavy (non-hydrogen) atoms. The highest BCUT2D eigenvalue weighted by Gasteiger charge is 2.16. The first kappa shape index (κ1) is 21.0. The molecule has 0 aliphatic heterocycles. The highest BCUT2D eigenvalue weighted by atomic mass is 32.1. The Bertz CT molecular complexity index is 1180. The Kier molecular flexibility index (Phi) is 6.14. The molecule has 1 aromatic carbocycles. The van der Waals surface area contributed by atoms with Gasteiger partial charge in [0.25, 0.3) is 11.6 Å². The van der Waals surface area contributed by atoms with Gasteiger partial charge in [-0.3, -0.25) is 14.9 Å². The van der Waals surface area contributed by atoms with Crippen LogP contribution in [0.4, 0.5) is 5.69 Å². The minimum absolute atomic E-state index is 0.0206. The smallest absolute Gasteiger partial charge is 0.269 e. The molecule has 0 unspecified atom stereocenters. The van der Waals surface area contributed by atoms with E-state index in [4.69, 9.17) is 0 Å². The Hall–Kier alpha value is -3.70. The van der Waals surface area contributed by atoms with Gasteiger partial charge in [-0.1, -0.05) is 6.07 Å². The molecule has 3 rings (SSSR count). The topological polar surface area (TPSA) is 101 Å². The minimum Gasteiger partial charge on any atom is -0.347 e. The average Bonchev–Trinajstić information content (AvgIpc) is 3.32. The third kappa shape index (κ3) is 4.31. The predicted molar refractivity (Wildman–Crippen MR) is 116 cm³/mol. The minimum atomic E-state index is -0.429. The number of nitrogens with one attached hydrogen (secondary N) is 1. The number of rotatable bonds is 6. The van der Waals surface area contributed by atoms with Gasteiger partial charge < -0.3 is 9.88 Å². The number of non-ortho nitro benzene ring substituents is 1. The van der Waals surface area contributed by atoms with E-state index in [1.54, 1.807) is 12.1 Å². The van der Waals surface area contributed by atoms with Gasteiger partial charge in [-0.2, -0.15) is 5.26 Å². The monoisotopic (exact) mass is 420 g/mol. The van der Waals surface area contributed by atoms with E-state index in [1.807, 2.05) is 55.0 Å². The van der Waals surface area contributed by atoms with Gasteiger partial charge in [0.1, 0.15) is 11.6 Å². The van der Waals surface area contributed by atoms with Crippen LogP contribution in [0, 0.1) is 42.2 Å². The van der Waals surface area contributed by atoms with Gasteiger partial charge >= 0.3 is 0 Å². The number of carbonyl (C=O) groups is 1. The Morgan fingerprint density at radius 3 is 2.67 bits per heavy atom. The van der Waals surface area contributed by atoms with E-state index < -0.39 is 10.8 Å². The number of thiophene rings is 1. The van der Waals surface area contributed by atoms with Gasteiger partial charge in [0.05, 0.1) is 11.5 Å². The summed E-state index contributed by atoms with van der Waals surface area (Å²) in [5.74, 6) is -0.429. The van der Waals surface area contributed by atoms with Gasteiger partial charge in [0, 0.05) is 34.1 Å². The highest BCUT2D eigenvalue weighted by Crippen LogP contribution is 2.27. The Morgan fingerprint density at radius 1 is 1.30 bits per heavy atom. The van der Waals surface area contributed by atoms with Crippen LogP contribution in [0.5, 0.6) is 0 Å². The van der Waals surface area contributed by atoms with Gasteiger partial charge in [0.15, 0.2) is 0 Å². The third-order valence-electron chi connectivity index (χ3n) is 4.77. The molecule has 7 nitrogen and oxygen atoms in total. The predicted octanol–water partition coefficient (Wildman–Crippen LogP) is 4.60. The van der Waals surface area contributed by atoms with Crippen LogP contribution in [0.25, 0.3) is 11.8 Å². The van der Waals surface area contributed by atoms with Crippen LogP contribution in [0.15, 0.2) is 47.4 Å². The number of hydrogen-bond donors (Lipinski definition) is 1. The van der Waals surface area contributed by atoms with Crippen LogP contribution in [-0.2, 0) is 11.3 Å². The lowest BCUT2D eigenvalue weighted by molar-refractivity contribution is -0.384. The second-order valence-electron chi connectivity index (χ2n) is 6.82. The third-order valence-corrected chi connectivity index (χ3v) is 5.65. The van der Waals surface area contributed by atoms with E-state index in [0.29, 0.717) is 6.54 Å². The number of amides is 1. The fourth-order valence-electron chi connectivity index (χ4n) is 3.29. The lowest BCUT2D eigenvalue weighted by Crippen LogP contribution is -2.23. The molecule has 8 heteroatoms. The van der Waals surface area contributed by atoms with Crippen molar-refractivity contribution in [1.82, 2.24) is 9.88 Å². The van der Waals surface area contributed by atoms with Crippen LogP contribution >= 0.6 is 11.3 Å². The Labute approximate surface area is 178 Å². The number of nitrogens with zero attached hydrogens (tertiary/aromatic N) is 3. The summed E-state index contributed by atoms with van der Waals surface area (Å²) in [5, 5.41) is 25.2. The number of aryl methyl sites for hydroxylation is 2. The molecular weight excluding hydrogens is 400 g/mol. The molecule has 0 aliphatic rings. The van der Waals surface area contributed by atoms with Crippen molar-refractivity contribution in [2.24, 2.45) is 0 Å². The van der Waals surface area contributed by atoms with Gasteiger partial charge in [0.2, 0.25) is 0 Å². The molecule has 0 saturated heterocycles. The number of nitro benzene ring substituents is 1. The maximum atomic E-state index is 12.4. The molecular formula is C22H20N4O3S. The van der Waals surface area contributed by atoms with Crippen molar-refractivity contribution >= 4 is 29.0 Å². The maximum absolute atomic E-state index is 12.4. The van der Waals surface area contributed by atoms with E-state index in [9.17, 15) is 20.2 Å². The first-order valence-corrected chi connectivity index (χ1v) is 10.1. The lowest BCUT2D eigenvalue weighted by atomic mass is 10.1.